The molecule has 3 aromatic rings. The molecular weight excluding hydrogens is 388 g/mol. The van der Waals surface area contributed by atoms with Crippen LogP contribution < -0.4 is 4.74 Å². The summed E-state index contributed by atoms with van der Waals surface area (Å²) >= 11 is 0. The molecule has 2 aliphatic heterocycles. The van der Waals surface area contributed by atoms with E-state index < -0.39 is 11.0 Å². The van der Waals surface area contributed by atoms with E-state index in [-0.39, 0.29) is 17.9 Å². The third kappa shape index (κ3) is 1.84. The molecule has 4 atom stereocenters. The fourth-order valence-electron chi connectivity index (χ4n) is 7.57. The van der Waals surface area contributed by atoms with Gasteiger partial charge in [-0.15, -0.1) is 0 Å². The quantitative estimate of drug-likeness (QED) is 0.600. The molecule has 1 aromatic heterocycles. The highest BCUT2D eigenvalue weighted by atomic mass is 16.5. The molecule has 3 heterocycles. The number of aliphatic hydroxyl groups is 1. The molecule has 3 aliphatic carbocycles. The Hall–Kier alpha value is -2.50. The van der Waals surface area contributed by atoms with Crippen LogP contribution in [0.5, 0.6) is 11.5 Å². The number of rotatable bonds is 2. The van der Waals surface area contributed by atoms with E-state index in [0.29, 0.717) is 12.2 Å². The lowest BCUT2D eigenvalue weighted by Crippen LogP contribution is -2.74. The van der Waals surface area contributed by atoms with Crippen molar-refractivity contribution >= 4 is 10.9 Å². The van der Waals surface area contributed by atoms with Gasteiger partial charge in [-0.2, -0.15) is 0 Å². The summed E-state index contributed by atoms with van der Waals surface area (Å²) in [6, 6.07) is 12.3. The van der Waals surface area contributed by atoms with Crippen LogP contribution in [0.3, 0.4) is 0 Å². The van der Waals surface area contributed by atoms with Crippen LogP contribution in [0.4, 0.5) is 0 Å². The first-order valence-electron chi connectivity index (χ1n) is 11.7. The average Bonchev–Trinajstić information content (AvgIpc) is 3.40. The Kier molecular flexibility index (Phi) is 2.91. The van der Waals surface area contributed by atoms with Gasteiger partial charge < -0.3 is 19.9 Å². The highest BCUT2D eigenvalue weighted by Crippen LogP contribution is 2.69. The number of aromatic hydroxyl groups is 1. The molecule has 1 saturated carbocycles. The number of hydrogen-bond acceptors (Lipinski definition) is 4. The van der Waals surface area contributed by atoms with Gasteiger partial charge in [0.2, 0.25) is 0 Å². The van der Waals surface area contributed by atoms with E-state index in [4.69, 9.17) is 4.74 Å². The number of hydrogen-bond donors (Lipinski definition) is 3. The highest BCUT2D eigenvalue weighted by molar-refractivity contribution is 5.86. The van der Waals surface area contributed by atoms with E-state index >= 15 is 0 Å². The Morgan fingerprint density at radius 1 is 1.16 bits per heavy atom. The largest absolute Gasteiger partial charge is 0.504 e. The van der Waals surface area contributed by atoms with Gasteiger partial charge in [-0.05, 0) is 61.4 Å². The van der Waals surface area contributed by atoms with Crippen molar-refractivity contribution in [2.45, 2.75) is 55.3 Å². The van der Waals surface area contributed by atoms with Crippen LogP contribution in [0.15, 0.2) is 36.4 Å². The maximum Gasteiger partial charge on any atom is 0.166 e. The third-order valence-corrected chi connectivity index (χ3v) is 9.07. The molecule has 3 N–H and O–H groups in total. The fraction of sp³-hybridized carbons (Fsp3) is 0.462. The Labute approximate surface area is 180 Å². The van der Waals surface area contributed by atoms with Gasteiger partial charge in [0.15, 0.2) is 17.6 Å². The summed E-state index contributed by atoms with van der Waals surface area (Å²) < 4.78 is 6.60. The average molecular weight is 415 g/mol. The van der Waals surface area contributed by atoms with Gasteiger partial charge in [0, 0.05) is 35.5 Å². The number of H-pyrrole nitrogens is 1. The van der Waals surface area contributed by atoms with Gasteiger partial charge in [-0.3, -0.25) is 4.90 Å². The third-order valence-electron chi connectivity index (χ3n) is 9.07. The van der Waals surface area contributed by atoms with Crippen molar-refractivity contribution in [1.29, 1.82) is 0 Å². The highest BCUT2D eigenvalue weighted by Gasteiger charge is 2.72. The number of para-hydroxylation sites is 1. The van der Waals surface area contributed by atoms with Crippen LogP contribution in [-0.2, 0) is 18.3 Å². The van der Waals surface area contributed by atoms with Crippen molar-refractivity contribution in [2.75, 3.05) is 13.1 Å². The van der Waals surface area contributed by atoms with Crippen LogP contribution in [0.2, 0.25) is 0 Å². The van der Waals surface area contributed by atoms with E-state index in [1.165, 1.54) is 29.4 Å². The van der Waals surface area contributed by atoms with Crippen LogP contribution >= 0.6 is 0 Å². The number of phenols is 1. The van der Waals surface area contributed by atoms with Gasteiger partial charge in [0.05, 0.1) is 16.7 Å². The molecule has 5 nitrogen and oxygen atoms in total. The zero-order chi connectivity index (χ0) is 20.5. The molecule has 2 bridgehead atoms. The van der Waals surface area contributed by atoms with E-state index in [0.717, 1.165) is 48.6 Å². The summed E-state index contributed by atoms with van der Waals surface area (Å²) in [5.74, 6) is 1.58. The van der Waals surface area contributed by atoms with Crippen molar-refractivity contribution in [1.82, 2.24) is 9.88 Å². The van der Waals surface area contributed by atoms with Gasteiger partial charge in [0.25, 0.3) is 0 Å². The van der Waals surface area contributed by atoms with E-state index in [1.807, 2.05) is 6.07 Å². The minimum Gasteiger partial charge on any atom is -0.504 e. The number of nitrogens with one attached hydrogen (secondary N) is 1. The minimum atomic E-state index is -0.908. The summed E-state index contributed by atoms with van der Waals surface area (Å²) in [5.41, 5.74) is 4.27. The number of benzene rings is 2. The molecule has 0 radical (unpaired) electrons. The summed E-state index contributed by atoms with van der Waals surface area (Å²) in [5, 5.41) is 24.6. The second-order valence-corrected chi connectivity index (χ2v) is 10.5. The minimum absolute atomic E-state index is 0.0813. The Balaban J connectivity index is 1.43. The Bertz CT molecular complexity index is 1280. The fourth-order valence-corrected chi connectivity index (χ4v) is 7.57. The van der Waals surface area contributed by atoms with Crippen LogP contribution in [0.25, 0.3) is 10.9 Å². The molecule has 158 valence electrons. The monoisotopic (exact) mass is 414 g/mol. The first kappa shape index (κ1) is 17.1. The smallest absolute Gasteiger partial charge is 0.166 e. The van der Waals surface area contributed by atoms with Gasteiger partial charge in [-0.1, -0.05) is 24.3 Å². The van der Waals surface area contributed by atoms with Gasteiger partial charge in [-0.25, -0.2) is 0 Å². The molecular formula is C26H26N2O3. The summed E-state index contributed by atoms with van der Waals surface area (Å²) in [6.07, 6.45) is 4.66. The molecule has 1 spiro atoms. The van der Waals surface area contributed by atoms with E-state index in [1.54, 1.807) is 6.07 Å². The zero-order valence-corrected chi connectivity index (χ0v) is 17.4. The van der Waals surface area contributed by atoms with Gasteiger partial charge >= 0.3 is 0 Å². The van der Waals surface area contributed by atoms with E-state index in [9.17, 15) is 10.2 Å². The molecule has 2 aromatic carbocycles. The molecule has 1 saturated heterocycles. The maximum atomic E-state index is 12.7. The predicted octanol–water partition coefficient (Wildman–Crippen LogP) is 3.57. The predicted molar refractivity (Wildman–Crippen MR) is 117 cm³/mol. The molecule has 2 fully saturated rings. The number of ether oxygens (including phenoxy) is 1. The van der Waals surface area contributed by atoms with E-state index in [2.05, 4.69) is 34.1 Å². The van der Waals surface area contributed by atoms with Crippen molar-refractivity contribution < 1.29 is 14.9 Å². The molecule has 5 aliphatic rings. The number of aromatic amines is 1. The van der Waals surface area contributed by atoms with Crippen molar-refractivity contribution in [3.63, 3.8) is 0 Å². The molecule has 5 heteroatoms. The van der Waals surface area contributed by atoms with Crippen molar-refractivity contribution in [3.05, 3.63) is 58.8 Å². The Morgan fingerprint density at radius 3 is 2.90 bits per heavy atom. The number of aromatic nitrogens is 1. The lowest BCUT2D eigenvalue weighted by molar-refractivity contribution is -0.173. The molecule has 8 rings (SSSR count). The maximum absolute atomic E-state index is 12.7. The number of piperidine rings is 1. The zero-order valence-electron chi connectivity index (χ0n) is 17.4. The van der Waals surface area contributed by atoms with Crippen molar-refractivity contribution in [3.8, 4) is 11.5 Å². The molecule has 0 unspecified atom stereocenters. The number of nitrogens with zero attached hydrogens (tertiary/aromatic N) is 1. The first-order chi connectivity index (χ1) is 15.1. The number of likely N-dealkylation sites (tertiary alicyclic amines) is 1. The molecule has 0 amide bonds. The second-order valence-electron chi connectivity index (χ2n) is 10.5. The SMILES string of the molecule is Oc1ccc2c3c1O[C@@H]1c4[nH]c5ccccc5c4C[C@]4(O)[C@H](C2)N(CC2CC2)CC[C@@]314. The summed E-state index contributed by atoms with van der Waals surface area (Å²) in [7, 11) is 0. The number of phenolic OH excluding ortho intramolecular Hbond substituents is 1. The molecule has 31 heavy (non-hydrogen) atoms. The Morgan fingerprint density at radius 2 is 2.03 bits per heavy atom. The van der Waals surface area contributed by atoms with Crippen LogP contribution in [-0.4, -0.2) is 44.8 Å². The number of fused-ring (bicyclic) bond motifs is 4. The van der Waals surface area contributed by atoms with Crippen molar-refractivity contribution in [2.24, 2.45) is 5.92 Å². The summed E-state index contributed by atoms with van der Waals surface area (Å²) in [4.78, 5) is 6.22. The summed E-state index contributed by atoms with van der Waals surface area (Å²) in [6.45, 7) is 2.07. The lowest BCUT2D eigenvalue weighted by Gasteiger charge is -2.62. The topological polar surface area (TPSA) is 68.7 Å². The van der Waals surface area contributed by atoms with Crippen LogP contribution in [0, 0.1) is 5.92 Å². The lowest BCUT2D eigenvalue weighted by atomic mass is 9.49. The second kappa shape index (κ2) is 5.28. The standard InChI is InChI=1S/C26H26N2O3/c29-19-8-7-15-11-20-26(30)12-17-16-3-1-2-4-18(16)27-22(17)24-25(26,21(15)23(19)31-24)9-10-28(20)13-14-5-6-14/h1-4,7-8,14,20,24,27,29-30H,5-6,9-13H2/t20-,24+,25+,26-/m0/s1. The normalized spacial score (nSPS) is 35.0. The van der Waals surface area contributed by atoms with Crippen LogP contribution in [0.1, 0.15) is 47.8 Å². The first-order valence-corrected chi connectivity index (χ1v) is 11.7. The van der Waals surface area contributed by atoms with Gasteiger partial charge in [0.1, 0.15) is 0 Å².